The van der Waals surface area contributed by atoms with E-state index in [1.165, 1.54) is 12.1 Å². The molecule has 0 radical (unpaired) electrons. The summed E-state index contributed by atoms with van der Waals surface area (Å²) < 4.78 is 40.0. The van der Waals surface area contributed by atoms with Crippen molar-refractivity contribution in [2.24, 2.45) is 0 Å². The summed E-state index contributed by atoms with van der Waals surface area (Å²) in [6, 6.07) is 10.9. The second-order valence-electron chi connectivity index (χ2n) is 4.78. The normalized spacial score (nSPS) is 11.3. The fourth-order valence-electron chi connectivity index (χ4n) is 1.79. The first-order valence-electron chi connectivity index (χ1n) is 6.85. The molecule has 0 fully saturated rings. The Kier molecular flexibility index (Phi) is 5.87. The van der Waals surface area contributed by atoms with E-state index < -0.39 is 10.1 Å². The summed E-state index contributed by atoms with van der Waals surface area (Å²) in [5.74, 6) is 0.654. The molecule has 0 atom stereocenters. The van der Waals surface area contributed by atoms with Crippen LogP contribution in [0.2, 0.25) is 5.02 Å². The molecule has 2 aromatic carbocycles. The van der Waals surface area contributed by atoms with Crippen molar-refractivity contribution in [1.29, 1.82) is 0 Å². The van der Waals surface area contributed by atoms with E-state index in [4.69, 9.17) is 25.3 Å². The first-order chi connectivity index (χ1) is 10.9. The molecule has 0 unspecified atom stereocenters. The highest BCUT2D eigenvalue weighted by molar-refractivity contribution is 7.87. The topological polar surface area (TPSA) is 61.8 Å². The third kappa shape index (κ3) is 4.86. The molecule has 2 rings (SSSR count). The van der Waals surface area contributed by atoms with Crippen LogP contribution in [-0.4, -0.2) is 28.7 Å². The average molecular weight is 357 g/mol. The van der Waals surface area contributed by atoms with Crippen LogP contribution in [0.25, 0.3) is 0 Å². The molecular formula is C16H17ClO5S. The quantitative estimate of drug-likeness (QED) is 0.561. The van der Waals surface area contributed by atoms with Crippen molar-refractivity contribution in [3.63, 3.8) is 0 Å². The molecule has 124 valence electrons. The molecular weight excluding hydrogens is 340 g/mol. The number of hydrogen-bond acceptors (Lipinski definition) is 5. The van der Waals surface area contributed by atoms with E-state index in [0.29, 0.717) is 19.0 Å². The Bertz CT molecular complexity index is 757. The van der Waals surface area contributed by atoms with Gasteiger partial charge in [0.15, 0.2) is 5.75 Å². The number of halogens is 1. The molecule has 0 N–H and O–H groups in total. The summed E-state index contributed by atoms with van der Waals surface area (Å²) in [5.41, 5.74) is 0.849. The van der Waals surface area contributed by atoms with Gasteiger partial charge in [0, 0.05) is 7.11 Å². The molecule has 2 aromatic rings. The molecule has 0 spiro atoms. The van der Waals surface area contributed by atoms with E-state index in [2.05, 4.69) is 0 Å². The van der Waals surface area contributed by atoms with Crippen molar-refractivity contribution in [3.05, 3.63) is 53.1 Å². The van der Waals surface area contributed by atoms with E-state index in [9.17, 15) is 8.42 Å². The first kappa shape index (κ1) is 17.6. The van der Waals surface area contributed by atoms with Gasteiger partial charge in [-0.15, -0.1) is 0 Å². The lowest BCUT2D eigenvalue weighted by Crippen LogP contribution is -2.10. The molecule has 0 amide bonds. The summed E-state index contributed by atoms with van der Waals surface area (Å²) in [6.45, 7) is 2.66. The summed E-state index contributed by atoms with van der Waals surface area (Å²) in [7, 11) is -2.38. The highest BCUT2D eigenvalue weighted by Gasteiger charge is 2.18. The molecule has 0 aliphatic rings. The van der Waals surface area contributed by atoms with Crippen LogP contribution in [0.5, 0.6) is 11.5 Å². The van der Waals surface area contributed by atoms with Gasteiger partial charge in [0.05, 0.1) is 11.6 Å². The Hall–Kier alpha value is -1.76. The third-order valence-corrected chi connectivity index (χ3v) is 4.52. The number of aryl methyl sites for hydroxylation is 1. The van der Waals surface area contributed by atoms with E-state index in [1.807, 2.05) is 6.92 Å². The van der Waals surface area contributed by atoms with E-state index in [0.717, 1.165) is 5.56 Å². The summed E-state index contributed by atoms with van der Waals surface area (Å²) in [4.78, 5) is 0.0224. The predicted octanol–water partition coefficient (Wildman–Crippen LogP) is 3.44. The third-order valence-electron chi connectivity index (χ3n) is 2.95. The molecule has 0 aliphatic heterocycles. The highest BCUT2D eigenvalue weighted by Crippen LogP contribution is 2.28. The van der Waals surface area contributed by atoms with Crippen molar-refractivity contribution < 1.29 is 22.1 Å². The lowest BCUT2D eigenvalue weighted by Gasteiger charge is -2.10. The van der Waals surface area contributed by atoms with Gasteiger partial charge < -0.3 is 13.7 Å². The van der Waals surface area contributed by atoms with Gasteiger partial charge in [-0.25, -0.2) is 0 Å². The van der Waals surface area contributed by atoms with E-state index in [-0.39, 0.29) is 15.7 Å². The zero-order chi connectivity index (χ0) is 16.9. The fraction of sp³-hybridized carbons (Fsp3) is 0.250. The standard InChI is InChI=1S/C16H17ClO5S/c1-12-3-8-15(17)16(11-12)22-23(18,19)14-6-4-13(5-7-14)21-10-9-20-2/h3-8,11H,9-10H2,1-2H3. The monoisotopic (exact) mass is 356 g/mol. The summed E-state index contributed by atoms with van der Waals surface area (Å²) in [5, 5.41) is 0.235. The van der Waals surface area contributed by atoms with Crippen LogP contribution < -0.4 is 8.92 Å². The number of methoxy groups -OCH3 is 1. The van der Waals surface area contributed by atoms with Crippen molar-refractivity contribution in [2.75, 3.05) is 20.3 Å². The van der Waals surface area contributed by atoms with Crippen LogP contribution in [-0.2, 0) is 14.9 Å². The zero-order valence-corrected chi connectivity index (χ0v) is 14.4. The summed E-state index contributed by atoms with van der Waals surface area (Å²) in [6.07, 6.45) is 0. The van der Waals surface area contributed by atoms with Crippen LogP contribution in [0, 0.1) is 6.92 Å². The minimum absolute atomic E-state index is 0.0224. The maximum absolute atomic E-state index is 12.3. The fourth-order valence-corrected chi connectivity index (χ4v) is 2.93. The van der Waals surface area contributed by atoms with Crippen LogP contribution in [0.3, 0.4) is 0 Å². The Balaban J connectivity index is 2.14. The van der Waals surface area contributed by atoms with Gasteiger partial charge in [0.1, 0.15) is 17.3 Å². The summed E-state index contributed by atoms with van der Waals surface area (Å²) >= 11 is 5.96. The Morgan fingerprint density at radius 3 is 2.39 bits per heavy atom. The Morgan fingerprint density at radius 2 is 1.74 bits per heavy atom. The molecule has 0 saturated carbocycles. The molecule has 0 aromatic heterocycles. The van der Waals surface area contributed by atoms with Crippen LogP contribution >= 0.6 is 11.6 Å². The average Bonchev–Trinajstić information content (AvgIpc) is 2.51. The van der Waals surface area contributed by atoms with Gasteiger partial charge in [-0.05, 0) is 48.9 Å². The second kappa shape index (κ2) is 7.68. The van der Waals surface area contributed by atoms with Crippen molar-refractivity contribution in [2.45, 2.75) is 11.8 Å². The minimum atomic E-state index is -3.96. The predicted molar refractivity (Wildman–Crippen MR) is 87.8 cm³/mol. The van der Waals surface area contributed by atoms with Crippen LogP contribution in [0.4, 0.5) is 0 Å². The lowest BCUT2D eigenvalue weighted by atomic mass is 10.2. The molecule has 0 saturated heterocycles. The number of rotatable bonds is 7. The molecule has 0 bridgehead atoms. The largest absolute Gasteiger partial charge is 0.491 e. The van der Waals surface area contributed by atoms with Gasteiger partial charge in [-0.3, -0.25) is 0 Å². The van der Waals surface area contributed by atoms with E-state index >= 15 is 0 Å². The maximum Gasteiger partial charge on any atom is 0.339 e. The van der Waals surface area contributed by atoms with Gasteiger partial charge in [-0.2, -0.15) is 8.42 Å². The van der Waals surface area contributed by atoms with Gasteiger partial charge in [-0.1, -0.05) is 17.7 Å². The second-order valence-corrected chi connectivity index (χ2v) is 6.74. The van der Waals surface area contributed by atoms with Gasteiger partial charge in [0.25, 0.3) is 0 Å². The smallest absolute Gasteiger partial charge is 0.339 e. The highest BCUT2D eigenvalue weighted by atomic mass is 35.5. The number of ether oxygens (including phenoxy) is 2. The van der Waals surface area contributed by atoms with Crippen LogP contribution in [0.1, 0.15) is 5.56 Å². The first-order valence-corrected chi connectivity index (χ1v) is 8.63. The molecule has 23 heavy (non-hydrogen) atoms. The number of benzene rings is 2. The SMILES string of the molecule is COCCOc1ccc(S(=O)(=O)Oc2cc(C)ccc2Cl)cc1. The molecule has 5 nitrogen and oxygen atoms in total. The molecule has 0 heterocycles. The van der Waals surface area contributed by atoms with Crippen molar-refractivity contribution >= 4 is 21.7 Å². The number of hydrogen-bond donors (Lipinski definition) is 0. The maximum atomic E-state index is 12.3. The Morgan fingerprint density at radius 1 is 1.04 bits per heavy atom. The zero-order valence-electron chi connectivity index (χ0n) is 12.8. The Labute approximate surface area is 140 Å². The lowest BCUT2D eigenvalue weighted by molar-refractivity contribution is 0.146. The van der Waals surface area contributed by atoms with E-state index in [1.54, 1.807) is 37.4 Å². The van der Waals surface area contributed by atoms with Crippen molar-refractivity contribution in [1.82, 2.24) is 0 Å². The van der Waals surface area contributed by atoms with Crippen molar-refractivity contribution in [3.8, 4) is 11.5 Å². The molecule has 7 heteroatoms. The van der Waals surface area contributed by atoms with Gasteiger partial charge in [0.2, 0.25) is 0 Å². The van der Waals surface area contributed by atoms with Crippen LogP contribution in [0.15, 0.2) is 47.4 Å². The van der Waals surface area contributed by atoms with Gasteiger partial charge >= 0.3 is 10.1 Å². The minimum Gasteiger partial charge on any atom is -0.491 e. The molecule has 0 aliphatic carbocycles.